The van der Waals surface area contributed by atoms with E-state index in [1.165, 1.54) is 21.6 Å². The molecular weight excluding hydrogens is 262 g/mol. The molecule has 0 aromatic heterocycles. The summed E-state index contributed by atoms with van der Waals surface area (Å²) in [5, 5.41) is 0.717. The molecule has 1 nitrogen and oxygen atoms in total. The minimum atomic E-state index is 0.717. The highest BCUT2D eigenvalue weighted by Gasteiger charge is 2.08. The van der Waals surface area contributed by atoms with Gasteiger partial charge in [0.05, 0.1) is 0 Å². The van der Waals surface area contributed by atoms with E-state index in [-0.39, 0.29) is 0 Å². The van der Waals surface area contributed by atoms with Crippen molar-refractivity contribution in [2.24, 2.45) is 0 Å². The Bertz CT molecular complexity index is 570. The van der Waals surface area contributed by atoms with Gasteiger partial charge in [-0.25, -0.2) is 0 Å². The van der Waals surface area contributed by atoms with E-state index in [9.17, 15) is 0 Å². The van der Waals surface area contributed by atoms with Crippen LogP contribution in [0.4, 0.5) is 5.69 Å². The second kappa shape index (κ2) is 5.25. The second-order valence-electron chi connectivity index (χ2n) is 4.51. The first-order valence-corrected chi connectivity index (χ1v) is 6.97. The lowest BCUT2D eigenvalue weighted by Crippen LogP contribution is -1.91. The van der Waals surface area contributed by atoms with Gasteiger partial charge in [-0.3, -0.25) is 0 Å². The van der Waals surface area contributed by atoms with Gasteiger partial charge in [-0.1, -0.05) is 41.1 Å². The van der Waals surface area contributed by atoms with E-state index in [4.69, 9.17) is 17.3 Å². The molecule has 94 valence electrons. The van der Waals surface area contributed by atoms with Crippen LogP contribution >= 0.6 is 23.4 Å². The summed E-state index contributed by atoms with van der Waals surface area (Å²) < 4.78 is 0. The lowest BCUT2D eigenvalue weighted by atomic mass is 10.1. The maximum atomic E-state index is 6.02. The molecule has 0 heterocycles. The molecule has 0 saturated heterocycles. The topological polar surface area (TPSA) is 26.0 Å². The van der Waals surface area contributed by atoms with E-state index in [0.717, 1.165) is 10.6 Å². The van der Waals surface area contributed by atoms with Crippen molar-refractivity contribution >= 4 is 29.1 Å². The Kier molecular flexibility index (Phi) is 3.88. The normalized spacial score (nSPS) is 10.7. The number of benzene rings is 2. The predicted octanol–water partition coefficient (Wildman–Crippen LogP) is 5.00. The summed E-state index contributed by atoms with van der Waals surface area (Å²) >= 11 is 7.70. The smallest absolute Gasteiger partial charge is 0.0456 e. The van der Waals surface area contributed by atoms with E-state index < -0.39 is 0 Å². The van der Waals surface area contributed by atoms with Crippen LogP contribution in [0.1, 0.15) is 16.7 Å². The Balaban J connectivity index is 2.43. The van der Waals surface area contributed by atoms with Crippen LogP contribution in [0.3, 0.4) is 0 Å². The third-order valence-corrected chi connectivity index (χ3v) is 4.45. The minimum absolute atomic E-state index is 0.717. The zero-order valence-corrected chi connectivity index (χ0v) is 12.3. The summed E-state index contributed by atoms with van der Waals surface area (Å²) in [5.41, 5.74) is 10.6. The Morgan fingerprint density at radius 3 is 2.22 bits per heavy atom. The first-order chi connectivity index (χ1) is 8.47. The molecule has 0 fully saturated rings. The standard InChI is InChI=1S/C15H16ClNS/c1-9-6-10(2)15(11(3)7-9)18-14-8-12(16)4-5-13(14)17/h4-8H,17H2,1-3H3. The van der Waals surface area contributed by atoms with E-state index in [1.54, 1.807) is 11.8 Å². The molecule has 0 radical (unpaired) electrons. The fourth-order valence-corrected chi connectivity index (χ4v) is 3.30. The second-order valence-corrected chi connectivity index (χ2v) is 6.00. The van der Waals surface area contributed by atoms with Gasteiger partial charge in [0.15, 0.2) is 0 Å². The molecule has 3 heteroatoms. The van der Waals surface area contributed by atoms with Crippen LogP contribution in [0.5, 0.6) is 0 Å². The van der Waals surface area contributed by atoms with Gasteiger partial charge in [0, 0.05) is 20.5 Å². The molecule has 0 unspecified atom stereocenters. The van der Waals surface area contributed by atoms with Crippen molar-refractivity contribution in [1.82, 2.24) is 0 Å². The summed E-state index contributed by atoms with van der Waals surface area (Å²) in [4.78, 5) is 2.27. The molecule has 0 saturated carbocycles. The maximum Gasteiger partial charge on any atom is 0.0456 e. The zero-order valence-electron chi connectivity index (χ0n) is 10.8. The quantitative estimate of drug-likeness (QED) is 0.782. The minimum Gasteiger partial charge on any atom is -0.398 e. The number of rotatable bonds is 2. The molecule has 2 aromatic carbocycles. The van der Waals surface area contributed by atoms with Crippen LogP contribution < -0.4 is 5.73 Å². The molecule has 2 N–H and O–H groups in total. The van der Waals surface area contributed by atoms with Gasteiger partial charge in [-0.2, -0.15) is 0 Å². The average molecular weight is 278 g/mol. The fraction of sp³-hybridized carbons (Fsp3) is 0.200. The van der Waals surface area contributed by atoms with Gasteiger partial charge in [0.1, 0.15) is 0 Å². The van der Waals surface area contributed by atoms with Crippen molar-refractivity contribution in [1.29, 1.82) is 0 Å². The first-order valence-electron chi connectivity index (χ1n) is 5.78. The van der Waals surface area contributed by atoms with Gasteiger partial charge in [-0.05, 0) is 50.1 Å². The van der Waals surface area contributed by atoms with E-state index >= 15 is 0 Å². The van der Waals surface area contributed by atoms with Crippen LogP contribution in [0, 0.1) is 20.8 Å². The maximum absolute atomic E-state index is 6.02. The van der Waals surface area contributed by atoms with E-state index in [2.05, 4.69) is 32.9 Å². The third kappa shape index (κ3) is 2.82. The summed E-state index contributed by atoms with van der Waals surface area (Å²) in [6.07, 6.45) is 0. The number of halogens is 1. The van der Waals surface area contributed by atoms with Gasteiger partial charge in [0.2, 0.25) is 0 Å². The van der Waals surface area contributed by atoms with Crippen molar-refractivity contribution in [3.8, 4) is 0 Å². The Labute approximate surface area is 117 Å². The molecule has 0 aliphatic heterocycles. The largest absolute Gasteiger partial charge is 0.398 e. The Hall–Kier alpha value is -1.12. The van der Waals surface area contributed by atoms with Crippen LogP contribution in [0.2, 0.25) is 5.02 Å². The summed E-state index contributed by atoms with van der Waals surface area (Å²) in [6, 6.07) is 9.96. The third-order valence-electron chi connectivity index (χ3n) is 2.79. The molecule has 0 atom stereocenters. The van der Waals surface area contributed by atoms with Crippen molar-refractivity contribution in [2.75, 3.05) is 5.73 Å². The van der Waals surface area contributed by atoms with Gasteiger partial charge < -0.3 is 5.73 Å². The molecule has 0 spiro atoms. The van der Waals surface area contributed by atoms with Crippen LogP contribution in [0.25, 0.3) is 0 Å². The van der Waals surface area contributed by atoms with Crippen LogP contribution in [-0.2, 0) is 0 Å². The molecule has 0 aliphatic rings. The number of hydrogen-bond acceptors (Lipinski definition) is 2. The Morgan fingerprint density at radius 1 is 1.00 bits per heavy atom. The van der Waals surface area contributed by atoms with E-state index in [0.29, 0.717) is 5.02 Å². The SMILES string of the molecule is Cc1cc(C)c(Sc2cc(Cl)ccc2N)c(C)c1. The van der Waals surface area contributed by atoms with Crippen LogP contribution in [-0.4, -0.2) is 0 Å². The van der Waals surface area contributed by atoms with Crippen molar-refractivity contribution in [2.45, 2.75) is 30.6 Å². The zero-order chi connectivity index (χ0) is 13.3. The summed E-state index contributed by atoms with van der Waals surface area (Å²) in [7, 11) is 0. The van der Waals surface area contributed by atoms with Gasteiger partial charge >= 0.3 is 0 Å². The number of nitrogens with two attached hydrogens (primary N) is 1. The fourth-order valence-electron chi connectivity index (χ4n) is 2.03. The number of anilines is 1. The van der Waals surface area contributed by atoms with Crippen molar-refractivity contribution in [3.63, 3.8) is 0 Å². The lowest BCUT2D eigenvalue weighted by Gasteiger charge is -2.12. The first kappa shape index (κ1) is 13.3. The average Bonchev–Trinajstić information content (AvgIpc) is 2.28. The highest BCUT2D eigenvalue weighted by atomic mass is 35.5. The van der Waals surface area contributed by atoms with Gasteiger partial charge in [-0.15, -0.1) is 0 Å². The highest BCUT2D eigenvalue weighted by molar-refractivity contribution is 7.99. The van der Waals surface area contributed by atoms with Gasteiger partial charge in [0.25, 0.3) is 0 Å². The van der Waals surface area contributed by atoms with Crippen molar-refractivity contribution in [3.05, 3.63) is 52.0 Å². The lowest BCUT2D eigenvalue weighted by molar-refractivity contribution is 1.19. The molecule has 0 aliphatic carbocycles. The molecule has 2 rings (SSSR count). The highest BCUT2D eigenvalue weighted by Crippen LogP contribution is 2.37. The predicted molar refractivity (Wildman–Crippen MR) is 80.6 cm³/mol. The summed E-state index contributed by atoms with van der Waals surface area (Å²) in [6.45, 7) is 6.37. The molecule has 2 aromatic rings. The van der Waals surface area contributed by atoms with Crippen molar-refractivity contribution < 1.29 is 0 Å². The molecule has 0 bridgehead atoms. The number of nitrogen functional groups attached to an aromatic ring is 1. The van der Waals surface area contributed by atoms with E-state index in [1.807, 2.05) is 18.2 Å². The Morgan fingerprint density at radius 2 is 1.61 bits per heavy atom. The number of aryl methyl sites for hydroxylation is 3. The molecular formula is C15H16ClNS. The monoisotopic (exact) mass is 277 g/mol. The number of hydrogen-bond donors (Lipinski definition) is 1. The van der Waals surface area contributed by atoms with Crippen LogP contribution in [0.15, 0.2) is 40.1 Å². The summed E-state index contributed by atoms with van der Waals surface area (Å²) in [5.74, 6) is 0. The molecule has 0 amide bonds. The molecule has 18 heavy (non-hydrogen) atoms.